The quantitative estimate of drug-likeness (QED) is 0.338. The van der Waals surface area contributed by atoms with Gasteiger partial charge in [-0.1, -0.05) is 11.6 Å². The van der Waals surface area contributed by atoms with Crippen molar-refractivity contribution in [3.8, 4) is 0 Å². The summed E-state index contributed by atoms with van der Waals surface area (Å²) in [5.74, 6) is -0.650. The lowest BCUT2D eigenvalue weighted by molar-refractivity contribution is -0.121. The van der Waals surface area contributed by atoms with Crippen molar-refractivity contribution in [2.45, 2.75) is 6.92 Å². The fourth-order valence-corrected chi connectivity index (χ4v) is 1.05. The third-order valence-corrected chi connectivity index (χ3v) is 1.53. The van der Waals surface area contributed by atoms with Crippen LogP contribution in [0.3, 0.4) is 0 Å². The number of carbonyl (C=O) groups is 1. The highest BCUT2D eigenvalue weighted by atomic mass is 35.5. The maximum atomic E-state index is 10.7. The second-order valence-electron chi connectivity index (χ2n) is 2.15. The van der Waals surface area contributed by atoms with E-state index >= 15 is 0 Å². The van der Waals surface area contributed by atoms with Crippen LogP contribution in [0, 0.1) is 0 Å². The van der Waals surface area contributed by atoms with E-state index in [1.54, 1.807) is 0 Å². The lowest BCUT2D eigenvalue weighted by Gasteiger charge is -2.10. The van der Waals surface area contributed by atoms with Crippen LogP contribution in [0.4, 0.5) is 5.82 Å². The highest BCUT2D eigenvalue weighted by Crippen LogP contribution is 2.16. The van der Waals surface area contributed by atoms with Crippen molar-refractivity contribution in [3.05, 3.63) is 16.5 Å². The third kappa shape index (κ3) is 2.51. The molecular weight excluding hydrogens is 217 g/mol. The predicted molar refractivity (Wildman–Crippen MR) is 47.0 cm³/mol. The molecule has 0 aliphatic rings. The summed E-state index contributed by atoms with van der Waals surface area (Å²) in [4.78, 5) is 17.8. The number of halogens is 2. The molecule has 0 aromatic carbocycles. The average Bonchev–Trinajstić information content (AvgIpc) is 2.01. The molecule has 13 heavy (non-hydrogen) atoms. The Morgan fingerprint density at radius 2 is 2.15 bits per heavy atom. The van der Waals surface area contributed by atoms with Gasteiger partial charge >= 0.3 is 0 Å². The molecule has 0 fully saturated rings. The number of amides is 1. The van der Waals surface area contributed by atoms with Gasteiger partial charge in [0.1, 0.15) is 5.15 Å². The first-order valence-electron chi connectivity index (χ1n) is 3.20. The van der Waals surface area contributed by atoms with Gasteiger partial charge in [0.15, 0.2) is 5.82 Å². The summed E-state index contributed by atoms with van der Waals surface area (Å²) < 4.78 is 0. The molecule has 1 heterocycles. The van der Waals surface area contributed by atoms with Gasteiger partial charge in [0.2, 0.25) is 11.2 Å². The number of hydroxylamine groups is 1. The molecule has 7 heteroatoms. The SMILES string of the molecule is CC(=O)N(O)c1cc(Cl)nc(Cl)n1. The van der Waals surface area contributed by atoms with E-state index < -0.39 is 5.91 Å². The number of anilines is 1. The number of carbonyl (C=O) groups excluding carboxylic acids is 1. The molecule has 1 N–H and O–H groups in total. The van der Waals surface area contributed by atoms with E-state index in [2.05, 4.69) is 9.97 Å². The van der Waals surface area contributed by atoms with Crippen molar-refractivity contribution in [3.63, 3.8) is 0 Å². The van der Waals surface area contributed by atoms with Gasteiger partial charge in [-0.2, -0.15) is 10.0 Å². The van der Waals surface area contributed by atoms with Gasteiger partial charge in [-0.3, -0.25) is 10.0 Å². The van der Waals surface area contributed by atoms with Crippen LogP contribution >= 0.6 is 23.2 Å². The lowest BCUT2D eigenvalue weighted by atomic mass is 10.5. The van der Waals surface area contributed by atoms with Crippen molar-refractivity contribution >= 4 is 34.9 Å². The maximum Gasteiger partial charge on any atom is 0.249 e. The number of aromatic nitrogens is 2. The van der Waals surface area contributed by atoms with E-state index in [1.165, 1.54) is 13.0 Å². The number of hydrogen-bond donors (Lipinski definition) is 1. The average molecular weight is 222 g/mol. The predicted octanol–water partition coefficient (Wildman–Crippen LogP) is 1.53. The second-order valence-corrected chi connectivity index (χ2v) is 2.87. The topological polar surface area (TPSA) is 66.3 Å². The summed E-state index contributed by atoms with van der Waals surface area (Å²) in [5, 5.41) is 9.37. The van der Waals surface area contributed by atoms with E-state index in [0.29, 0.717) is 5.06 Å². The monoisotopic (exact) mass is 221 g/mol. The fourth-order valence-electron chi connectivity index (χ4n) is 0.649. The van der Waals surface area contributed by atoms with Crippen LogP contribution in [-0.2, 0) is 4.79 Å². The van der Waals surface area contributed by atoms with Crippen molar-refractivity contribution < 1.29 is 10.0 Å². The summed E-state index contributed by atoms with van der Waals surface area (Å²) in [6.07, 6.45) is 0. The van der Waals surface area contributed by atoms with E-state index in [0.717, 1.165) is 0 Å². The van der Waals surface area contributed by atoms with Gasteiger partial charge in [-0.25, -0.2) is 4.98 Å². The Kier molecular flexibility index (Phi) is 3.02. The number of hydrogen-bond acceptors (Lipinski definition) is 4. The van der Waals surface area contributed by atoms with Crippen LogP contribution < -0.4 is 5.06 Å². The first-order chi connectivity index (χ1) is 6.00. The normalized spacial score (nSPS) is 9.85. The van der Waals surface area contributed by atoms with Gasteiger partial charge in [0, 0.05) is 13.0 Å². The number of nitrogens with zero attached hydrogens (tertiary/aromatic N) is 3. The second kappa shape index (κ2) is 3.87. The smallest absolute Gasteiger partial charge is 0.249 e. The molecule has 0 unspecified atom stereocenters. The van der Waals surface area contributed by atoms with Crippen molar-refractivity contribution in [2.24, 2.45) is 0 Å². The molecule has 0 bridgehead atoms. The molecule has 5 nitrogen and oxygen atoms in total. The molecule has 1 rings (SSSR count). The third-order valence-electron chi connectivity index (χ3n) is 1.17. The summed E-state index contributed by atoms with van der Waals surface area (Å²) in [7, 11) is 0. The largest absolute Gasteiger partial charge is 0.280 e. The molecule has 70 valence electrons. The van der Waals surface area contributed by atoms with Gasteiger partial charge in [0.25, 0.3) is 0 Å². The minimum absolute atomic E-state index is 0.0512. The number of rotatable bonds is 1. The maximum absolute atomic E-state index is 10.7. The summed E-state index contributed by atoms with van der Waals surface area (Å²) in [6, 6.07) is 1.22. The summed E-state index contributed by atoms with van der Waals surface area (Å²) in [5.41, 5.74) is 0. The molecule has 0 aliphatic carbocycles. The van der Waals surface area contributed by atoms with Crippen LogP contribution in [0.5, 0.6) is 0 Å². The molecular formula is C6H5Cl2N3O2. The van der Waals surface area contributed by atoms with E-state index in [-0.39, 0.29) is 16.3 Å². The van der Waals surface area contributed by atoms with Crippen LogP contribution in [-0.4, -0.2) is 21.1 Å². The molecule has 1 aromatic heterocycles. The Bertz CT molecular complexity index is 324. The Morgan fingerprint density at radius 3 is 2.62 bits per heavy atom. The first-order valence-corrected chi connectivity index (χ1v) is 3.96. The Morgan fingerprint density at radius 1 is 1.54 bits per heavy atom. The molecule has 1 amide bonds. The Labute approximate surface area is 83.9 Å². The minimum Gasteiger partial charge on any atom is -0.280 e. The molecule has 0 saturated carbocycles. The molecule has 0 aliphatic heterocycles. The van der Waals surface area contributed by atoms with Crippen LogP contribution in [0.15, 0.2) is 6.07 Å². The zero-order chi connectivity index (χ0) is 10.0. The molecule has 0 atom stereocenters. The van der Waals surface area contributed by atoms with E-state index in [4.69, 9.17) is 28.4 Å². The highest BCUT2D eigenvalue weighted by molar-refractivity contribution is 6.32. The lowest BCUT2D eigenvalue weighted by Crippen LogP contribution is -2.24. The fraction of sp³-hybridized carbons (Fsp3) is 0.167. The Balaban J connectivity index is 3.07. The van der Waals surface area contributed by atoms with E-state index in [1.807, 2.05) is 0 Å². The summed E-state index contributed by atoms with van der Waals surface area (Å²) in [6.45, 7) is 1.17. The van der Waals surface area contributed by atoms with Gasteiger partial charge in [-0.05, 0) is 11.6 Å². The minimum atomic E-state index is -0.592. The first kappa shape index (κ1) is 10.2. The van der Waals surface area contributed by atoms with Crippen LogP contribution in [0.25, 0.3) is 0 Å². The molecule has 0 radical (unpaired) electrons. The summed E-state index contributed by atoms with van der Waals surface area (Å²) >= 11 is 11.0. The zero-order valence-corrected chi connectivity index (χ0v) is 8.04. The van der Waals surface area contributed by atoms with Crippen molar-refractivity contribution in [2.75, 3.05) is 5.06 Å². The molecule has 0 saturated heterocycles. The van der Waals surface area contributed by atoms with E-state index in [9.17, 15) is 4.79 Å². The highest BCUT2D eigenvalue weighted by Gasteiger charge is 2.11. The van der Waals surface area contributed by atoms with Crippen molar-refractivity contribution in [1.82, 2.24) is 9.97 Å². The standard InChI is InChI=1S/C6H5Cl2N3O2/c1-3(12)11(13)5-2-4(7)9-6(8)10-5/h2,13H,1H3. The molecule has 1 aromatic rings. The van der Waals surface area contributed by atoms with Gasteiger partial charge in [-0.15, -0.1) is 0 Å². The van der Waals surface area contributed by atoms with Gasteiger partial charge < -0.3 is 0 Å². The zero-order valence-electron chi connectivity index (χ0n) is 6.53. The molecule has 0 spiro atoms. The van der Waals surface area contributed by atoms with Crippen molar-refractivity contribution in [1.29, 1.82) is 0 Å². The Hall–Kier alpha value is -0.910. The van der Waals surface area contributed by atoms with Crippen LogP contribution in [0.2, 0.25) is 10.4 Å². The van der Waals surface area contributed by atoms with Gasteiger partial charge in [0.05, 0.1) is 0 Å². The van der Waals surface area contributed by atoms with Crippen LogP contribution in [0.1, 0.15) is 6.92 Å².